The van der Waals surface area contributed by atoms with Gasteiger partial charge in [-0.05, 0) is 120 Å². The van der Waals surface area contributed by atoms with Crippen LogP contribution in [0.2, 0.25) is 0 Å². The largest absolute Gasteiger partial charge is 0.376 e. The number of aromatic nitrogens is 1. The fourth-order valence-electron chi connectivity index (χ4n) is 11.2. The maximum Gasteiger partial charge on any atom is 0.333 e. The van der Waals surface area contributed by atoms with Gasteiger partial charge in [-0.25, -0.2) is 0 Å². The first-order valence-electron chi connectivity index (χ1n) is 22.2. The van der Waals surface area contributed by atoms with Crippen molar-refractivity contribution in [2.75, 3.05) is 4.81 Å². The molecule has 1 aliphatic carbocycles. The molecule has 0 N–H and O–H groups in total. The van der Waals surface area contributed by atoms with E-state index in [0.717, 1.165) is 0 Å². The van der Waals surface area contributed by atoms with Crippen molar-refractivity contribution in [1.82, 2.24) is 4.57 Å². The molecule has 2 aromatic heterocycles. The van der Waals surface area contributed by atoms with E-state index < -0.39 is 0 Å². The third kappa shape index (κ3) is 5.03. The second kappa shape index (κ2) is 11.9. The Morgan fingerprint density at radius 3 is 1.89 bits per heavy atom. The summed E-state index contributed by atoms with van der Waals surface area (Å²) in [4.78, 5) is 2.71. The molecule has 0 spiro atoms. The van der Waals surface area contributed by atoms with Crippen LogP contribution in [0.5, 0.6) is 0 Å². The summed E-state index contributed by atoms with van der Waals surface area (Å²) in [6, 6.07) is 48.2. The van der Waals surface area contributed by atoms with E-state index in [2.05, 4.69) is 207 Å². The van der Waals surface area contributed by atoms with Crippen LogP contribution in [-0.4, -0.2) is 11.4 Å². The van der Waals surface area contributed by atoms with Gasteiger partial charge in [0.15, 0.2) is 0 Å². The maximum absolute atomic E-state index is 2.71. The third-order valence-corrected chi connectivity index (χ3v) is 15.8. The van der Waals surface area contributed by atoms with Crippen molar-refractivity contribution in [2.45, 2.75) is 97.8 Å². The van der Waals surface area contributed by atoms with Crippen LogP contribution in [-0.2, 0) is 21.7 Å². The number of fused-ring (bicyclic) bond motifs is 14. The first kappa shape index (κ1) is 37.2. The molecule has 3 aliphatic rings. The van der Waals surface area contributed by atoms with E-state index in [-0.39, 0.29) is 28.5 Å². The molecule has 0 saturated heterocycles. The minimum Gasteiger partial charge on any atom is -0.376 e. The lowest BCUT2D eigenvalue weighted by molar-refractivity contribution is 0.590. The zero-order valence-corrected chi connectivity index (χ0v) is 38.2. The molecule has 0 fully saturated rings. The number of thiophene rings is 1. The van der Waals surface area contributed by atoms with Crippen molar-refractivity contribution >= 4 is 82.5 Å². The summed E-state index contributed by atoms with van der Waals surface area (Å²) in [6.45, 7) is 25.7. The Bertz CT molecular complexity index is 3390. The predicted octanol–water partition coefficient (Wildman–Crippen LogP) is 14.6. The van der Waals surface area contributed by atoms with Gasteiger partial charge in [0.05, 0.1) is 11.0 Å². The summed E-state index contributed by atoms with van der Waals surface area (Å²) < 4.78 is 5.36. The number of hydrogen-bond donors (Lipinski definition) is 0. The average molecular weight is 809 g/mol. The number of rotatable bonds is 1. The number of anilines is 2. The van der Waals surface area contributed by atoms with E-state index in [0.29, 0.717) is 0 Å². The van der Waals surface area contributed by atoms with Gasteiger partial charge in [0, 0.05) is 59.0 Å². The third-order valence-electron chi connectivity index (χ3n) is 14.6. The quantitative estimate of drug-likeness (QED) is 0.150. The molecule has 0 saturated carbocycles. The normalized spacial score (nSPS) is 15.2. The second-order valence-corrected chi connectivity index (χ2v) is 22.9. The van der Waals surface area contributed by atoms with Crippen molar-refractivity contribution in [3.05, 3.63) is 149 Å². The van der Waals surface area contributed by atoms with Gasteiger partial charge >= 0.3 is 6.85 Å². The monoisotopic (exact) mass is 808 g/mol. The van der Waals surface area contributed by atoms with Gasteiger partial charge in [0.2, 0.25) is 0 Å². The number of nitrogens with zero attached hydrogens (tertiary/aromatic N) is 2. The Labute approximate surface area is 365 Å². The predicted molar refractivity (Wildman–Crippen MR) is 266 cm³/mol. The molecule has 61 heavy (non-hydrogen) atoms. The van der Waals surface area contributed by atoms with Gasteiger partial charge in [-0.2, -0.15) is 0 Å². The van der Waals surface area contributed by atoms with Crippen LogP contribution in [0.15, 0.2) is 121 Å². The molecular weight excluding hydrogens is 756 g/mol. The molecule has 0 radical (unpaired) electrons. The van der Waals surface area contributed by atoms with Gasteiger partial charge in [0.25, 0.3) is 0 Å². The Hall–Kier alpha value is -5.58. The first-order chi connectivity index (χ1) is 28.9. The summed E-state index contributed by atoms with van der Waals surface area (Å²) in [6.07, 6.45) is 0. The summed E-state index contributed by atoms with van der Waals surface area (Å²) in [7, 11) is 0. The van der Waals surface area contributed by atoms with Crippen molar-refractivity contribution in [3.63, 3.8) is 0 Å². The highest BCUT2D eigenvalue weighted by Gasteiger charge is 2.45. The van der Waals surface area contributed by atoms with Crippen LogP contribution in [0.25, 0.3) is 69.9 Å². The van der Waals surface area contributed by atoms with Gasteiger partial charge in [0.1, 0.15) is 0 Å². The molecule has 7 aromatic carbocycles. The highest BCUT2D eigenvalue weighted by molar-refractivity contribution is 7.25. The smallest absolute Gasteiger partial charge is 0.333 e. The molecule has 300 valence electrons. The molecule has 0 atom stereocenters. The Balaban J connectivity index is 1.22. The average Bonchev–Trinajstić information content (AvgIpc) is 3.82. The molecule has 0 unspecified atom stereocenters. The first-order valence-corrected chi connectivity index (χ1v) is 23.0. The van der Waals surface area contributed by atoms with Crippen LogP contribution in [0.4, 0.5) is 11.4 Å². The maximum atomic E-state index is 2.71. The minimum atomic E-state index is -0.0926. The van der Waals surface area contributed by atoms with E-state index in [9.17, 15) is 0 Å². The molecule has 4 heterocycles. The standard InChI is InChI=1S/C57H53BN2S/c1-54(2,3)32-16-20-35(21-17-32)60-49-29-43-37-22-18-34(56(7,8)9)27-50(37)61-51(43)30-42(49)38-23-24-39-41-28-40-36-14-12-13-15-44(36)57(10,11)45(40)31-48(41)59-47-25-19-33(55(4,5)6)26-46(47)58(60)52(38)53(39)59/h12-31H,1-11H3. The van der Waals surface area contributed by atoms with Crippen molar-refractivity contribution in [3.8, 4) is 27.9 Å². The highest BCUT2D eigenvalue weighted by Crippen LogP contribution is 2.53. The number of benzene rings is 7. The van der Waals surface area contributed by atoms with E-state index in [1.165, 1.54) is 120 Å². The fraction of sp³-hybridized carbons (Fsp3) is 0.263. The van der Waals surface area contributed by atoms with Gasteiger partial charge in [-0.3, -0.25) is 0 Å². The molecule has 0 bridgehead atoms. The van der Waals surface area contributed by atoms with Gasteiger partial charge in [-0.1, -0.05) is 149 Å². The fourth-order valence-corrected chi connectivity index (χ4v) is 12.4. The van der Waals surface area contributed by atoms with Crippen LogP contribution in [0.1, 0.15) is 104 Å². The lowest BCUT2D eigenvalue weighted by Gasteiger charge is -2.42. The Kier molecular flexibility index (Phi) is 7.24. The lowest BCUT2D eigenvalue weighted by atomic mass is 9.43. The second-order valence-electron chi connectivity index (χ2n) is 21.9. The van der Waals surface area contributed by atoms with Crippen molar-refractivity contribution < 1.29 is 0 Å². The lowest BCUT2D eigenvalue weighted by Crippen LogP contribution is -2.60. The van der Waals surface area contributed by atoms with Crippen LogP contribution in [0.3, 0.4) is 0 Å². The van der Waals surface area contributed by atoms with Crippen LogP contribution in [0, 0.1) is 0 Å². The zero-order valence-electron chi connectivity index (χ0n) is 37.4. The number of hydrogen-bond acceptors (Lipinski definition) is 2. The van der Waals surface area contributed by atoms with Crippen molar-refractivity contribution in [1.29, 1.82) is 0 Å². The Morgan fingerprint density at radius 1 is 0.492 bits per heavy atom. The molecule has 4 heteroatoms. The van der Waals surface area contributed by atoms with Crippen LogP contribution >= 0.6 is 11.3 Å². The Morgan fingerprint density at radius 2 is 1.15 bits per heavy atom. The van der Waals surface area contributed by atoms with E-state index in [4.69, 9.17) is 0 Å². The van der Waals surface area contributed by atoms with Crippen LogP contribution < -0.4 is 15.7 Å². The summed E-state index contributed by atoms with van der Waals surface area (Å²) >= 11 is 1.94. The molecule has 2 aliphatic heterocycles. The van der Waals surface area contributed by atoms with E-state index >= 15 is 0 Å². The highest BCUT2D eigenvalue weighted by atomic mass is 32.1. The minimum absolute atomic E-state index is 0.0149. The SMILES string of the molecule is CC(C)(C)c1ccc(N2B3c4cc(C(C)(C)C)ccc4-n4c5cc6c(cc5c5ccc(c3c54)-c3cc4sc5cc(C(C)(C)C)ccc5c4cc32)-c2ccccc2C6(C)C)cc1. The summed E-state index contributed by atoms with van der Waals surface area (Å²) in [5.41, 5.74) is 21.6. The summed E-state index contributed by atoms with van der Waals surface area (Å²) in [5.74, 6) is 0. The molecule has 0 amide bonds. The molecule has 9 aromatic rings. The van der Waals surface area contributed by atoms with Crippen molar-refractivity contribution in [2.24, 2.45) is 0 Å². The van der Waals surface area contributed by atoms with E-state index in [1.54, 1.807) is 0 Å². The molecule has 12 rings (SSSR count). The topological polar surface area (TPSA) is 8.17 Å². The van der Waals surface area contributed by atoms with E-state index in [1.807, 2.05) is 11.3 Å². The zero-order chi connectivity index (χ0) is 42.3. The van der Waals surface area contributed by atoms with Gasteiger partial charge in [-0.15, -0.1) is 11.3 Å². The molecular formula is C57H53BN2S. The molecule has 2 nitrogen and oxygen atoms in total. The summed E-state index contributed by atoms with van der Waals surface area (Å²) in [5, 5.41) is 5.35. The van der Waals surface area contributed by atoms with Gasteiger partial charge < -0.3 is 9.38 Å².